The Morgan fingerprint density at radius 3 is 2.72 bits per heavy atom. The normalized spacial score (nSPS) is 24.7. The second kappa shape index (κ2) is 7.00. The van der Waals surface area contributed by atoms with Crippen molar-refractivity contribution in [2.45, 2.75) is 56.7 Å². The van der Waals surface area contributed by atoms with Crippen molar-refractivity contribution >= 4 is 16.8 Å². The van der Waals surface area contributed by atoms with Crippen LogP contribution in [0.5, 0.6) is 5.75 Å². The molecule has 5 nitrogen and oxygen atoms in total. The van der Waals surface area contributed by atoms with Gasteiger partial charge in [-0.25, -0.2) is 0 Å². The number of hydrogen-bond acceptors (Lipinski definition) is 4. The molecule has 0 radical (unpaired) electrons. The van der Waals surface area contributed by atoms with Crippen LogP contribution in [0.3, 0.4) is 0 Å². The predicted octanol–water partition coefficient (Wildman–Crippen LogP) is 2.78. The van der Waals surface area contributed by atoms with Gasteiger partial charge in [0.25, 0.3) is 0 Å². The van der Waals surface area contributed by atoms with E-state index in [1.165, 1.54) is 0 Å². The molecule has 4 rings (SSSR count). The number of carbonyl (C=O) groups excluding carboxylic acids is 1. The molecule has 0 aliphatic heterocycles. The summed E-state index contributed by atoms with van der Waals surface area (Å²) in [6, 6.07) is 9.92. The topological polar surface area (TPSA) is 77.2 Å². The lowest BCUT2D eigenvalue weighted by Crippen LogP contribution is -2.48. The van der Waals surface area contributed by atoms with Gasteiger partial charge in [0, 0.05) is 17.6 Å². The van der Waals surface area contributed by atoms with Crippen molar-refractivity contribution in [3.05, 3.63) is 36.5 Å². The van der Waals surface area contributed by atoms with E-state index in [0.29, 0.717) is 5.92 Å². The molecule has 3 N–H and O–H groups in total. The van der Waals surface area contributed by atoms with Gasteiger partial charge in [0.1, 0.15) is 5.75 Å². The molecule has 0 saturated heterocycles. The largest absolute Gasteiger partial charge is 0.490 e. The van der Waals surface area contributed by atoms with Gasteiger partial charge in [0.15, 0.2) is 0 Å². The average molecular weight is 339 g/mol. The number of ether oxygens (including phenoxy) is 1. The van der Waals surface area contributed by atoms with Gasteiger partial charge in [-0.15, -0.1) is 0 Å². The summed E-state index contributed by atoms with van der Waals surface area (Å²) in [4.78, 5) is 16.4. The summed E-state index contributed by atoms with van der Waals surface area (Å²) in [5.41, 5.74) is 6.95. The SMILES string of the molecule is N[C@H](C(=O)NC1CCC(Oc2ccc3ncccc3c2)CC1)C1CC1. The highest BCUT2D eigenvalue weighted by molar-refractivity contribution is 5.82. The Bertz CT molecular complexity index is 751. The van der Waals surface area contributed by atoms with Crippen molar-refractivity contribution in [1.82, 2.24) is 10.3 Å². The molecule has 2 fully saturated rings. The van der Waals surface area contributed by atoms with Crippen LogP contribution in [-0.4, -0.2) is 29.1 Å². The Labute approximate surface area is 148 Å². The Kier molecular flexibility index (Phi) is 4.57. The van der Waals surface area contributed by atoms with Crippen LogP contribution in [0.4, 0.5) is 0 Å². The number of rotatable bonds is 5. The van der Waals surface area contributed by atoms with Crippen LogP contribution >= 0.6 is 0 Å². The zero-order valence-corrected chi connectivity index (χ0v) is 14.4. The fourth-order valence-electron chi connectivity index (χ4n) is 3.61. The Morgan fingerprint density at radius 1 is 1.16 bits per heavy atom. The minimum Gasteiger partial charge on any atom is -0.490 e. The van der Waals surface area contributed by atoms with Crippen molar-refractivity contribution in [1.29, 1.82) is 0 Å². The summed E-state index contributed by atoms with van der Waals surface area (Å²) in [5.74, 6) is 1.32. The molecule has 2 aliphatic rings. The molecular formula is C20H25N3O2. The standard InChI is InChI=1S/C20H25N3O2/c21-19(13-3-4-13)20(24)23-15-5-7-16(8-6-15)25-17-9-10-18-14(12-17)2-1-11-22-18/h1-2,9-13,15-16,19H,3-8,21H2,(H,23,24)/t15?,16?,19-/m0/s1. The molecule has 5 heteroatoms. The van der Waals surface area contributed by atoms with E-state index in [2.05, 4.69) is 10.3 Å². The molecule has 2 aliphatic carbocycles. The second-order valence-corrected chi connectivity index (χ2v) is 7.32. The molecule has 1 amide bonds. The quantitative estimate of drug-likeness (QED) is 0.878. The number of aromatic nitrogens is 1. The van der Waals surface area contributed by atoms with Gasteiger partial charge in [-0.05, 0) is 68.7 Å². The number of carbonyl (C=O) groups is 1. The predicted molar refractivity (Wildman–Crippen MR) is 97.3 cm³/mol. The van der Waals surface area contributed by atoms with E-state index < -0.39 is 0 Å². The molecule has 132 valence electrons. The van der Waals surface area contributed by atoms with Gasteiger partial charge >= 0.3 is 0 Å². The van der Waals surface area contributed by atoms with E-state index in [-0.39, 0.29) is 24.1 Å². The first-order chi connectivity index (χ1) is 12.2. The summed E-state index contributed by atoms with van der Waals surface area (Å²) in [6.07, 6.45) is 8.00. The number of pyridine rings is 1. The number of hydrogen-bond donors (Lipinski definition) is 2. The second-order valence-electron chi connectivity index (χ2n) is 7.32. The van der Waals surface area contributed by atoms with Crippen LogP contribution in [0.25, 0.3) is 10.9 Å². The van der Waals surface area contributed by atoms with Crippen LogP contribution in [0.1, 0.15) is 38.5 Å². The Morgan fingerprint density at radius 2 is 1.96 bits per heavy atom. The fraction of sp³-hybridized carbons (Fsp3) is 0.500. The van der Waals surface area contributed by atoms with E-state index in [0.717, 1.165) is 55.2 Å². The van der Waals surface area contributed by atoms with E-state index in [4.69, 9.17) is 10.5 Å². The molecule has 0 unspecified atom stereocenters. The first-order valence-electron chi connectivity index (χ1n) is 9.26. The lowest BCUT2D eigenvalue weighted by Gasteiger charge is -2.30. The van der Waals surface area contributed by atoms with E-state index in [1.54, 1.807) is 6.20 Å². The zero-order valence-electron chi connectivity index (χ0n) is 14.4. The summed E-state index contributed by atoms with van der Waals surface area (Å²) < 4.78 is 6.15. The lowest BCUT2D eigenvalue weighted by molar-refractivity contribution is -0.123. The number of benzene rings is 1. The number of nitrogens with one attached hydrogen (secondary N) is 1. The summed E-state index contributed by atoms with van der Waals surface area (Å²) in [6.45, 7) is 0. The maximum Gasteiger partial charge on any atom is 0.237 e. The van der Waals surface area contributed by atoms with Crippen molar-refractivity contribution in [2.24, 2.45) is 11.7 Å². The van der Waals surface area contributed by atoms with Gasteiger partial charge < -0.3 is 15.8 Å². The fourth-order valence-corrected chi connectivity index (χ4v) is 3.61. The van der Waals surface area contributed by atoms with E-state index in [1.807, 2.05) is 30.3 Å². The highest BCUT2D eigenvalue weighted by Crippen LogP contribution is 2.32. The molecule has 0 bridgehead atoms. The highest BCUT2D eigenvalue weighted by atomic mass is 16.5. The monoisotopic (exact) mass is 339 g/mol. The van der Waals surface area contributed by atoms with Crippen molar-refractivity contribution in [2.75, 3.05) is 0 Å². The number of nitrogens with two attached hydrogens (primary N) is 1. The minimum absolute atomic E-state index is 0.0221. The molecule has 2 saturated carbocycles. The van der Waals surface area contributed by atoms with Gasteiger partial charge in [0.05, 0.1) is 17.7 Å². The minimum atomic E-state index is -0.319. The highest BCUT2D eigenvalue weighted by Gasteiger charge is 2.34. The number of fused-ring (bicyclic) bond motifs is 1. The van der Waals surface area contributed by atoms with Gasteiger partial charge in [0.2, 0.25) is 5.91 Å². The van der Waals surface area contributed by atoms with E-state index in [9.17, 15) is 4.79 Å². The molecule has 1 heterocycles. The zero-order chi connectivity index (χ0) is 17.2. The van der Waals surface area contributed by atoms with Crippen LogP contribution < -0.4 is 15.8 Å². The van der Waals surface area contributed by atoms with Crippen LogP contribution in [0.15, 0.2) is 36.5 Å². The number of nitrogens with zero attached hydrogens (tertiary/aromatic N) is 1. The summed E-state index contributed by atoms with van der Waals surface area (Å²) >= 11 is 0. The molecule has 2 aromatic rings. The first kappa shape index (κ1) is 16.3. The third-order valence-corrected chi connectivity index (χ3v) is 5.33. The van der Waals surface area contributed by atoms with E-state index >= 15 is 0 Å². The Balaban J connectivity index is 1.28. The van der Waals surface area contributed by atoms with Crippen molar-refractivity contribution in [3.63, 3.8) is 0 Å². The Hall–Kier alpha value is -2.14. The molecule has 25 heavy (non-hydrogen) atoms. The molecule has 1 aromatic heterocycles. The van der Waals surface area contributed by atoms with Crippen molar-refractivity contribution < 1.29 is 9.53 Å². The third-order valence-electron chi connectivity index (χ3n) is 5.33. The average Bonchev–Trinajstić information content (AvgIpc) is 3.48. The van der Waals surface area contributed by atoms with Crippen LogP contribution in [0.2, 0.25) is 0 Å². The molecule has 1 atom stereocenters. The van der Waals surface area contributed by atoms with Crippen LogP contribution in [-0.2, 0) is 4.79 Å². The van der Waals surface area contributed by atoms with Gasteiger partial charge in [-0.1, -0.05) is 6.07 Å². The molecular weight excluding hydrogens is 314 g/mol. The smallest absolute Gasteiger partial charge is 0.237 e. The summed E-state index contributed by atoms with van der Waals surface area (Å²) in [5, 5.41) is 4.21. The maximum atomic E-state index is 12.1. The molecule has 1 aromatic carbocycles. The van der Waals surface area contributed by atoms with Gasteiger partial charge in [-0.2, -0.15) is 0 Å². The van der Waals surface area contributed by atoms with Crippen molar-refractivity contribution in [3.8, 4) is 5.75 Å². The lowest BCUT2D eigenvalue weighted by atomic mass is 9.92. The molecule has 0 spiro atoms. The first-order valence-corrected chi connectivity index (χ1v) is 9.26. The number of amides is 1. The van der Waals surface area contributed by atoms with Crippen LogP contribution in [0, 0.1) is 5.92 Å². The third kappa shape index (κ3) is 3.93. The van der Waals surface area contributed by atoms with Gasteiger partial charge in [-0.3, -0.25) is 9.78 Å². The maximum absolute atomic E-state index is 12.1. The summed E-state index contributed by atoms with van der Waals surface area (Å²) in [7, 11) is 0.